The van der Waals surface area contributed by atoms with Crippen molar-refractivity contribution < 1.29 is 27.2 Å². The van der Waals surface area contributed by atoms with Crippen LogP contribution < -0.4 is 10.5 Å². The highest BCUT2D eigenvalue weighted by Crippen LogP contribution is 2.51. The molecule has 2 saturated carbocycles. The maximum absolute atomic E-state index is 13.1. The van der Waals surface area contributed by atoms with Crippen molar-refractivity contribution in [2.24, 2.45) is 11.7 Å². The lowest BCUT2D eigenvalue weighted by Crippen LogP contribution is -2.33. The van der Waals surface area contributed by atoms with Gasteiger partial charge in [0.2, 0.25) is 5.89 Å². The Morgan fingerprint density at radius 2 is 2.00 bits per heavy atom. The van der Waals surface area contributed by atoms with E-state index < -0.39 is 24.1 Å². The van der Waals surface area contributed by atoms with Crippen molar-refractivity contribution in [2.45, 2.75) is 69.9 Å². The molecule has 0 aromatic carbocycles. The highest BCUT2D eigenvalue weighted by Gasteiger charge is 2.46. The third-order valence-corrected chi connectivity index (χ3v) is 6.18. The average Bonchev–Trinajstić information content (AvgIpc) is 3.33. The third kappa shape index (κ3) is 4.38. The van der Waals surface area contributed by atoms with Gasteiger partial charge < -0.3 is 15.0 Å². The van der Waals surface area contributed by atoms with Crippen molar-refractivity contribution >= 4 is 5.91 Å². The van der Waals surface area contributed by atoms with E-state index in [9.17, 15) is 18.0 Å². The molecule has 10 heteroatoms. The fraction of sp³-hybridized carbons (Fsp3) is 0.619. The lowest BCUT2D eigenvalue weighted by molar-refractivity contribution is -0.153. The lowest BCUT2D eigenvalue weighted by Gasteiger charge is -2.34. The number of nitrogens with zero attached hydrogens (tertiary/aromatic N) is 3. The smallest absolute Gasteiger partial charge is 0.422 e. The Morgan fingerprint density at radius 1 is 1.29 bits per heavy atom. The van der Waals surface area contributed by atoms with Crippen LogP contribution in [0.2, 0.25) is 0 Å². The number of rotatable bonds is 8. The molecule has 1 amide bonds. The zero-order chi connectivity index (χ0) is 22.4. The second kappa shape index (κ2) is 7.80. The van der Waals surface area contributed by atoms with E-state index in [4.69, 9.17) is 15.0 Å². The Labute approximate surface area is 177 Å². The summed E-state index contributed by atoms with van der Waals surface area (Å²) in [5.41, 5.74) is 5.25. The molecule has 2 aromatic rings. The summed E-state index contributed by atoms with van der Waals surface area (Å²) in [6, 6.07) is 0. The summed E-state index contributed by atoms with van der Waals surface area (Å²) < 4.78 is 50.0. The predicted molar refractivity (Wildman–Crippen MR) is 104 cm³/mol. The van der Waals surface area contributed by atoms with Crippen LogP contribution in [0.1, 0.15) is 84.7 Å². The van der Waals surface area contributed by atoms with Gasteiger partial charge in [0, 0.05) is 24.2 Å². The van der Waals surface area contributed by atoms with Crippen molar-refractivity contribution in [3.05, 3.63) is 34.7 Å². The average molecular weight is 438 g/mol. The predicted octanol–water partition coefficient (Wildman–Crippen LogP) is 4.19. The number of hydrogen-bond donors (Lipinski definition) is 1. The topological polar surface area (TPSA) is 104 Å². The van der Waals surface area contributed by atoms with E-state index in [1.54, 1.807) is 13.8 Å². The van der Waals surface area contributed by atoms with Crippen LogP contribution in [0.4, 0.5) is 13.2 Å². The van der Waals surface area contributed by atoms with Crippen LogP contribution in [0.5, 0.6) is 5.75 Å². The molecule has 2 aliphatic rings. The summed E-state index contributed by atoms with van der Waals surface area (Å²) in [6.07, 6.45) is 1.97. The Kier molecular flexibility index (Phi) is 5.43. The highest BCUT2D eigenvalue weighted by atomic mass is 19.4. The van der Waals surface area contributed by atoms with Gasteiger partial charge in [0.25, 0.3) is 5.91 Å². The van der Waals surface area contributed by atoms with Crippen molar-refractivity contribution in [1.82, 2.24) is 15.1 Å². The van der Waals surface area contributed by atoms with Gasteiger partial charge in [0.05, 0.1) is 5.41 Å². The zero-order valence-electron chi connectivity index (χ0n) is 17.5. The Bertz CT molecular complexity index is 983. The van der Waals surface area contributed by atoms with Gasteiger partial charge >= 0.3 is 6.18 Å². The fourth-order valence-corrected chi connectivity index (χ4v) is 4.26. The maximum atomic E-state index is 13.1. The summed E-state index contributed by atoms with van der Waals surface area (Å²) in [7, 11) is 0. The van der Waals surface area contributed by atoms with E-state index in [-0.39, 0.29) is 28.7 Å². The number of aromatic nitrogens is 3. The number of hydrogen-bond acceptors (Lipinski definition) is 6. The molecule has 0 saturated heterocycles. The van der Waals surface area contributed by atoms with Gasteiger partial charge in [0.15, 0.2) is 12.4 Å². The van der Waals surface area contributed by atoms with E-state index in [0.29, 0.717) is 23.8 Å². The Balaban J connectivity index is 1.94. The Hall–Kier alpha value is -2.65. The maximum Gasteiger partial charge on any atom is 0.422 e. The van der Waals surface area contributed by atoms with Crippen molar-refractivity contribution in [2.75, 3.05) is 6.61 Å². The van der Waals surface area contributed by atoms with E-state index >= 15 is 0 Å². The van der Waals surface area contributed by atoms with E-state index in [1.165, 1.54) is 6.20 Å². The number of nitrogens with two attached hydrogens (primary N) is 1. The second-order valence-corrected chi connectivity index (χ2v) is 8.78. The minimum atomic E-state index is -4.54. The van der Waals surface area contributed by atoms with Gasteiger partial charge in [-0.2, -0.15) is 18.2 Å². The van der Waals surface area contributed by atoms with Crippen LogP contribution in [0, 0.1) is 12.8 Å². The normalized spacial score (nSPS) is 19.0. The molecule has 0 radical (unpaired) electrons. The fourth-order valence-electron chi connectivity index (χ4n) is 4.26. The number of ether oxygens (including phenoxy) is 1. The number of carbonyl (C=O) groups excluding carboxylic acids is 1. The second-order valence-electron chi connectivity index (χ2n) is 8.78. The first-order chi connectivity index (χ1) is 14.6. The number of alkyl halides is 3. The molecule has 2 N–H and O–H groups in total. The SMILES string of the molecule is Cc1nc([C@](C)(CC2CC2)c2c(C(N)=O)ncc(C3CCC3)c2OCC(F)(F)F)no1. The first-order valence-corrected chi connectivity index (χ1v) is 10.4. The van der Waals surface area contributed by atoms with Crippen LogP contribution in [0.15, 0.2) is 10.7 Å². The van der Waals surface area contributed by atoms with Gasteiger partial charge in [-0.05, 0) is 38.0 Å². The summed E-state index contributed by atoms with van der Waals surface area (Å²) in [5, 5.41) is 4.06. The number of aryl methyl sites for hydroxylation is 1. The molecule has 31 heavy (non-hydrogen) atoms. The van der Waals surface area contributed by atoms with Gasteiger partial charge in [-0.3, -0.25) is 9.78 Å². The number of carbonyl (C=O) groups is 1. The molecule has 7 nitrogen and oxygen atoms in total. The molecular weight excluding hydrogens is 413 g/mol. The Morgan fingerprint density at radius 3 is 2.48 bits per heavy atom. The zero-order valence-corrected chi connectivity index (χ0v) is 17.5. The number of halogens is 3. The first-order valence-electron chi connectivity index (χ1n) is 10.4. The lowest BCUT2D eigenvalue weighted by atomic mass is 9.72. The molecule has 2 aliphatic carbocycles. The quantitative estimate of drug-likeness (QED) is 0.663. The van der Waals surface area contributed by atoms with Gasteiger partial charge in [-0.15, -0.1) is 0 Å². The molecule has 0 unspecified atom stereocenters. The van der Waals surface area contributed by atoms with E-state index in [1.807, 2.05) is 0 Å². The largest absolute Gasteiger partial charge is 0.483 e. The molecule has 1 atom stereocenters. The van der Waals surface area contributed by atoms with Gasteiger partial charge in [-0.1, -0.05) is 24.4 Å². The van der Waals surface area contributed by atoms with E-state index in [0.717, 1.165) is 32.1 Å². The molecule has 0 spiro atoms. The minimum Gasteiger partial charge on any atom is -0.483 e. The summed E-state index contributed by atoms with van der Waals surface area (Å²) in [4.78, 5) is 21.0. The number of pyridine rings is 1. The third-order valence-electron chi connectivity index (χ3n) is 6.18. The molecule has 2 aromatic heterocycles. The molecule has 4 rings (SSSR count). The summed E-state index contributed by atoms with van der Waals surface area (Å²) >= 11 is 0. The van der Waals surface area contributed by atoms with Gasteiger partial charge in [0.1, 0.15) is 11.4 Å². The van der Waals surface area contributed by atoms with Crippen LogP contribution in [0.25, 0.3) is 0 Å². The van der Waals surface area contributed by atoms with Crippen LogP contribution >= 0.6 is 0 Å². The van der Waals surface area contributed by atoms with Crippen molar-refractivity contribution in [1.29, 1.82) is 0 Å². The first kappa shape index (κ1) is 21.6. The van der Waals surface area contributed by atoms with Crippen molar-refractivity contribution in [3.63, 3.8) is 0 Å². The summed E-state index contributed by atoms with van der Waals surface area (Å²) in [6.45, 7) is 1.95. The molecular formula is C21H25F3N4O3. The van der Waals surface area contributed by atoms with Gasteiger partial charge in [-0.25, -0.2) is 0 Å². The molecule has 2 fully saturated rings. The van der Waals surface area contributed by atoms with Crippen LogP contribution in [-0.4, -0.2) is 33.8 Å². The monoisotopic (exact) mass is 438 g/mol. The van der Waals surface area contributed by atoms with Crippen LogP contribution in [0.3, 0.4) is 0 Å². The highest BCUT2D eigenvalue weighted by molar-refractivity contribution is 5.94. The standard InChI is InChI=1S/C21H25F3N4O3/c1-11-27-19(28-31-11)20(2,8-12-6-7-12)15-16(18(25)29)26-9-14(13-4-3-5-13)17(15)30-10-21(22,23)24/h9,12-13H,3-8,10H2,1-2H3,(H2,25,29)/t20-/m1/s1. The van der Waals surface area contributed by atoms with E-state index in [2.05, 4.69) is 15.1 Å². The number of primary amides is 1. The molecule has 168 valence electrons. The molecule has 2 heterocycles. The van der Waals surface area contributed by atoms with Crippen molar-refractivity contribution in [3.8, 4) is 5.75 Å². The molecule has 0 bridgehead atoms. The number of amides is 1. The van der Waals surface area contributed by atoms with Crippen LogP contribution in [-0.2, 0) is 5.41 Å². The minimum absolute atomic E-state index is 0.0218. The molecule has 0 aliphatic heterocycles. The summed E-state index contributed by atoms with van der Waals surface area (Å²) in [5.74, 6) is 0.133.